The molecule has 92 valence electrons. The molecule has 0 spiro atoms. The van der Waals surface area contributed by atoms with Crippen molar-refractivity contribution < 1.29 is 8.78 Å². The van der Waals surface area contributed by atoms with Gasteiger partial charge in [0, 0.05) is 6.07 Å². The van der Waals surface area contributed by atoms with Gasteiger partial charge in [0.2, 0.25) is 0 Å². The Labute approximate surface area is 101 Å². The van der Waals surface area contributed by atoms with Gasteiger partial charge in [0.25, 0.3) is 0 Å². The van der Waals surface area contributed by atoms with E-state index in [0.29, 0.717) is 5.56 Å². The van der Waals surface area contributed by atoms with Crippen molar-refractivity contribution in [2.45, 2.75) is 31.7 Å². The lowest BCUT2D eigenvalue weighted by Crippen LogP contribution is -2.20. The number of halogens is 2. The molecule has 0 bridgehead atoms. The van der Waals surface area contributed by atoms with Crippen molar-refractivity contribution >= 4 is 0 Å². The minimum Gasteiger partial charge on any atom is -0.310 e. The highest BCUT2D eigenvalue weighted by Gasteiger charge is 2.17. The van der Waals surface area contributed by atoms with Gasteiger partial charge in [-0.2, -0.15) is 0 Å². The fourth-order valence-corrected chi connectivity index (χ4v) is 2.43. The molecule has 0 heterocycles. The molecule has 1 aromatic carbocycles. The summed E-state index contributed by atoms with van der Waals surface area (Å²) in [7, 11) is 1.82. The van der Waals surface area contributed by atoms with Gasteiger partial charge in [-0.15, -0.1) is 0 Å². The smallest absolute Gasteiger partial charge is 0.126 e. The average molecular weight is 237 g/mol. The van der Waals surface area contributed by atoms with E-state index in [2.05, 4.69) is 11.4 Å². The maximum atomic E-state index is 13.2. The van der Waals surface area contributed by atoms with Crippen molar-refractivity contribution in [1.29, 1.82) is 0 Å². The molecule has 1 N–H and O–H groups in total. The van der Waals surface area contributed by atoms with E-state index in [1.807, 2.05) is 7.05 Å². The second-order valence-corrected chi connectivity index (χ2v) is 4.45. The van der Waals surface area contributed by atoms with E-state index < -0.39 is 11.6 Å². The molecule has 0 saturated heterocycles. The number of nitrogens with one attached hydrogen (secondary N) is 1. The third-order valence-corrected chi connectivity index (χ3v) is 3.20. The predicted octanol–water partition coefficient (Wildman–Crippen LogP) is 3.73. The van der Waals surface area contributed by atoms with Crippen LogP contribution in [0.2, 0.25) is 0 Å². The van der Waals surface area contributed by atoms with E-state index in [1.54, 1.807) is 0 Å². The Morgan fingerprint density at radius 3 is 2.35 bits per heavy atom. The maximum Gasteiger partial charge on any atom is 0.126 e. The predicted molar refractivity (Wildman–Crippen MR) is 64.7 cm³/mol. The SMILES string of the molecule is CNC(C1=CCCCC1)c1cc(F)cc(F)c1. The number of likely N-dealkylation sites (N-methyl/N-ethyl adjacent to an activating group) is 1. The van der Waals surface area contributed by atoms with Crippen LogP contribution in [0.25, 0.3) is 0 Å². The molecule has 1 atom stereocenters. The van der Waals surface area contributed by atoms with E-state index in [1.165, 1.54) is 24.1 Å². The normalized spacial score (nSPS) is 17.7. The van der Waals surface area contributed by atoms with Gasteiger partial charge in [-0.25, -0.2) is 8.78 Å². The Hall–Kier alpha value is -1.22. The Morgan fingerprint density at radius 1 is 1.12 bits per heavy atom. The summed E-state index contributed by atoms with van der Waals surface area (Å²) in [5, 5.41) is 3.14. The topological polar surface area (TPSA) is 12.0 Å². The zero-order chi connectivity index (χ0) is 12.3. The monoisotopic (exact) mass is 237 g/mol. The zero-order valence-electron chi connectivity index (χ0n) is 9.97. The molecule has 0 aromatic heterocycles. The first-order chi connectivity index (χ1) is 8.20. The van der Waals surface area contributed by atoms with Crippen molar-refractivity contribution in [1.82, 2.24) is 5.32 Å². The molecule has 0 saturated carbocycles. The molecule has 0 amide bonds. The summed E-state index contributed by atoms with van der Waals surface area (Å²) in [5.41, 5.74) is 1.90. The van der Waals surface area contributed by atoms with Gasteiger partial charge in [-0.05, 0) is 50.4 Å². The fraction of sp³-hybridized carbons (Fsp3) is 0.429. The highest BCUT2D eigenvalue weighted by atomic mass is 19.1. The van der Waals surface area contributed by atoms with Gasteiger partial charge in [-0.1, -0.05) is 11.6 Å². The lowest BCUT2D eigenvalue weighted by atomic mass is 9.90. The molecule has 3 heteroatoms. The van der Waals surface area contributed by atoms with Gasteiger partial charge in [0.05, 0.1) is 6.04 Å². The summed E-state index contributed by atoms with van der Waals surface area (Å²) >= 11 is 0. The van der Waals surface area contributed by atoms with Gasteiger partial charge in [0.1, 0.15) is 11.6 Å². The Balaban J connectivity index is 2.31. The van der Waals surface area contributed by atoms with Crippen LogP contribution in [0.15, 0.2) is 29.8 Å². The molecule has 0 fully saturated rings. The number of rotatable bonds is 3. The van der Waals surface area contributed by atoms with Crippen molar-refractivity contribution in [2.24, 2.45) is 0 Å². The summed E-state index contributed by atoms with van der Waals surface area (Å²) in [6, 6.07) is 3.64. The summed E-state index contributed by atoms with van der Waals surface area (Å²) in [4.78, 5) is 0. The molecule has 1 aromatic rings. The van der Waals surface area contributed by atoms with E-state index in [9.17, 15) is 8.78 Å². The molecule has 1 aliphatic rings. The second kappa shape index (κ2) is 5.41. The van der Waals surface area contributed by atoms with Gasteiger partial charge in [-0.3, -0.25) is 0 Å². The van der Waals surface area contributed by atoms with Gasteiger partial charge >= 0.3 is 0 Å². The lowest BCUT2D eigenvalue weighted by Gasteiger charge is -2.23. The highest BCUT2D eigenvalue weighted by Crippen LogP contribution is 2.30. The average Bonchev–Trinajstić information content (AvgIpc) is 2.30. The number of hydrogen-bond acceptors (Lipinski definition) is 1. The molecule has 17 heavy (non-hydrogen) atoms. The van der Waals surface area contributed by atoms with Crippen LogP contribution in [-0.4, -0.2) is 7.05 Å². The van der Waals surface area contributed by atoms with Crippen LogP contribution in [0.3, 0.4) is 0 Å². The standard InChI is InChI=1S/C14H17F2N/c1-17-14(10-5-3-2-4-6-10)11-7-12(15)9-13(16)8-11/h5,7-9,14,17H,2-4,6H2,1H3. The largest absolute Gasteiger partial charge is 0.310 e. The van der Waals surface area contributed by atoms with Crippen molar-refractivity contribution in [2.75, 3.05) is 7.05 Å². The van der Waals surface area contributed by atoms with Crippen LogP contribution < -0.4 is 5.32 Å². The molecular formula is C14H17F2N. The quantitative estimate of drug-likeness (QED) is 0.790. The molecule has 0 aliphatic heterocycles. The Bertz CT molecular complexity index is 406. The van der Waals surface area contributed by atoms with E-state index in [0.717, 1.165) is 25.3 Å². The zero-order valence-corrected chi connectivity index (χ0v) is 9.97. The van der Waals surface area contributed by atoms with E-state index >= 15 is 0 Å². The van der Waals surface area contributed by atoms with Crippen molar-refractivity contribution in [3.63, 3.8) is 0 Å². The fourth-order valence-electron chi connectivity index (χ4n) is 2.43. The van der Waals surface area contributed by atoms with Crippen LogP contribution in [0.1, 0.15) is 37.3 Å². The number of benzene rings is 1. The number of allylic oxidation sites excluding steroid dienone is 1. The molecule has 1 unspecified atom stereocenters. The maximum absolute atomic E-state index is 13.2. The Kier molecular flexibility index (Phi) is 3.89. The molecule has 0 radical (unpaired) electrons. The highest BCUT2D eigenvalue weighted by molar-refractivity contribution is 5.30. The third kappa shape index (κ3) is 2.91. The first kappa shape index (κ1) is 12.2. The summed E-state index contributed by atoms with van der Waals surface area (Å²) in [6.45, 7) is 0. The molecule has 1 aliphatic carbocycles. The van der Waals surface area contributed by atoms with E-state index in [-0.39, 0.29) is 6.04 Å². The van der Waals surface area contributed by atoms with Crippen LogP contribution in [-0.2, 0) is 0 Å². The van der Waals surface area contributed by atoms with Gasteiger partial charge < -0.3 is 5.32 Å². The van der Waals surface area contributed by atoms with Crippen LogP contribution in [0.5, 0.6) is 0 Å². The third-order valence-electron chi connectivity index (χ3n) is 3.20. The first-order valence-corrected chi connectivity index (χ1v) is 6.03. The van der Waals surface area contributed by atoms with Crippen molar-refractivity contribution in [3.8, 4) is 0 Å². The van der Waals surface area contributed by atoms with Crippen LogP contribution >= 0.6 is 0 Å². The first-order valence-electron chi connectivity index (χ1n) is 6.03. The Morgan fingerprint density at radius 2 is 1.82 bits per heavy atom. The van der Waals surface area contributed by atoms with Crippen molar-refractivity contribution in [3.05, 3.63) is 47.0 Å². The summed E-state index contributed by atoms with van der Waals surface area (Å²) in [5.74, 6) is -1.03. The summed E-state index contributed by atoms with van der Waals surface area (Å²) in [6.07, 6.45) is 6.61. The lowest BCUT2D eigenvalue weighted by molar-refractivity contribution is 0.558. The van der Waals surface area contributed by atoms with E-state index in [4.69, 9.17) is 0 Å². The minimum atomic E-state index is -0.517. The second-order valence-electron chi connectivity index (χ2n) is 4.45. The van der Waals surface area contributed by atoms with Crippen LogP contribution in [0, 0.1) is 11.6 Å². The minimum absolute atomic E-state index is 0.0690. The molecule has 1 nitrogen and oxygen atoms in total. The van der Waals surface area contributed by atoms with Gasteiger partial charge in [0.15, 0.2) is 0 Å². The number of hydrogen-bond donors (Lipinski definition) is 1. The van der Waals surface area contributed by atoms with Crippen LogP contribution in [0.4, 0.5) is 8.78 Å². The molecule has 2 rings (SSSR count). The summed E-state index contributed by atoms with van der Waals surface area (Å²) < 4.78 is 26.4. The molecular weight excluding hydrogens is 220 g/mol.